The molecule has 184 valence electrons. The Hall–Kier alpha value is -4.61. The number of ether oxygens (including phenoxy) is 2. The number of halogens is 3. The first kappa shape index (κ1) is 23.1. The SMILES string of the molecule is COc1cc(F)c([C@@H]2CNC(=O)[C@H]2Nc2nnc(-c3ccc(Oc4cccc(F)n4)cc3)o2)c(F)c1. The maximum atomic E-state index is 14.6. The van der Waals surface area contributed by atoms with E-state index in [1.807, 2.05) is 0 Å². The zero-order valence-corrected chi connectivity index (χ0v) is 18.7. The first-order valence-electron chi connectivity index (χ1n) is 10.7. The van der Waals surface area contributed by atoms with Crippen LogP contribution in [0.3, 0.4) is 0 Å². The number of hydrogen-bond acceptors (Lipinski definition) is 8. The molecule has 1 aliphatic rings. The van der Waals surface area contributed by atoms with E-state index in [1.54, 1.807) is 24.3 Å². The van der Waals surface area contributed by atoms with Crippen LogP contribution in [0.15, 0.2) is 59.0 Å². The predicted octanol–water partition coefficient (Wildman–Crippen LogP) is 4.04. The van der Waals surface area contributed by atoms with Crippen molar-refractivity contribution in [3.8, 4) is 28.8 Å². The van der Waals surface area contributed by atoms with Crippen molar-refractivity contribution in [1.29, 1.82) is 0 Å². The summed E-state index contributed by atoms with van der Waals surface area (Å²) in [6.45, 7) is 0.0132. The van der Waals surface area contributed by atoms with Crippen LogP contribution in [0.1, 0.15) is 11.5 Å². The van der Waals surface area contributed by atoms with Gasteiger partial charge in [-0.25, -0.2) is 8.78 Å². The van der Waals surface area contributed by atoms with Gasteiger partial charge in [-0.2, -0.15) is 9.37 Å². The van der Waals surface area contributed by atoms with Crippen molar-refractivity contribution < 1.29 is 31.9 Å². The Kier molecular flexibility index (Phi) is 6.15. The van der Waals surface area contributed by atoms with Crippen molar-refractivity contribution in [1.82, 2.24) is 20.5 Å². The molecule has 0 saturated carbocycles. The lowest BCUT2D eigenvalue weighted by molar-refractivity contribution is -0.119. The number of nitrogens with zero attached hydrogens (tertiary/aromatic N) is 3. The predicted molar refractivity (Wildman–Crippen MR) is 120 cm³/mol. The van der Waals surface area contributed by atoms with Crippen LogP contribution in [0.25, 0.3) is 11.5 Å². The van der Waals surface area contributed by atoms with E-state index >= 15 is 0 Å². The quantitative estimate of drug-likeness (QED) is 0.368. The molecular formula is C24H18F3N5O4. The molecule has 0 spiro atoms. The third kappa shape index (κ3) is 4.65. The van der Waals surface area contributed by atoms with Crippen molar-refractivity contribution >= 4 is 11.9 Å². The summed E-state index contributed by atoms with van der Waals surface area (Å²) >= 11 is 0. The lowest BCUT2D eigenvalue weighted by Gasteiger charge is -2.19. The molecule has 5 rings (SSSR count). The van der Waals surface area contributed by atoms with Gasteiger partial charge in [0.2, 0.25) is 23.6 Å². The molecule has 3 heterocycles. The highest BCUT2D eigenvalue weighted by molar-refractivity contribution is 5.88. The van der Waals surface area contributed by atoms with Crippen LogP contribution in [-0.4, -0.2) is 40.8 Å². The van der Waals surface area contributed by atoms with Crippen LogP contribution in [-0.2, 0) is 4.79 Å². The fourth-order valence-electron chi connectivity index (χ4n) is 3.85. The number of hydrogen-bond donors (Lipinski definition) is 2. The van der Waals surface area contributed by atoms with E-state index in [0.717, 1.165) is 12.1 Å². The van der Waals surface area contributed by atoms with Gasteiger partial charge in [-0.05, 0) is 30.3 Å². The highest BCUT2D eigenvalue weighted by atomic mass is 19.1. The molecule has 0 unspecified atom stereocenters. The average molecular weight is 497 g/mol. The lowest BCUT2D eigenvalue weighted by atomic mass is 9.93. The largest absolute Gasteiger partial charge is 0.497 e. The van der Waals surface area contributed by atoms with Gasteiger partial charge in [-0.1, -0.05) is 11.2 Å². The van der Waals surface area contributed by atoms with Crippen molar-refractivity contribution in [3.63, 3.8) is 0 Å². The van der Waals surface area contributed by atoms with E-state index < -0.39 is 35.4 Å². The van der Waals surface area contributed by atoms with E-state index in [0.29, 0.717) is 11.3 Å². The molecule has 12 heteroatoms. The summed E-state index contributed by atoms with van der Waals surface area (Å²) in [6.07, 6.45) is 0. The van der Waals surface area contributed by atoms with Gasteiger partial charge >= 0.3 is 6.01 Å². The van der Waals surface area contributed by atoms with Crippen molar-refractivity contribution in [3.05, 3.63) is 77.7 Å². The van der Waals surface area contributed by atoms with Crippen LogP contribution in [0.4, 0.5) is 19.2 Å². The fraction of sp³-hybridized carbons (Fsp3) is 0.167. The number of carbonyl (C=O) groups excluding carboxylic acids is 1. The topological polar surface area (TPSA) is 111 Å². The summed E-state index contributed by atoms with van der Waals surface area (Å²) in [5.74, 6) is -3.00. The van der Waals surface area contributed by atoms with E-state index in [4.69, 9.17) is 13.9 Å². The third-order valence-electron chi connectivity index (χ3n) is 5.56. The molecule has 4 aromatic rings. The number of benzene rings is 2. The number of rotatable bonds is 7. The molecule has 2 aromatic heterocycles. The van der Waals surface area contributed by atoms with Gasteiger partial charge in [0.15, 0.2) is 0 Å². The molecule has 0 bridgehead atoms. The highest BCUT2D eigenvalue weighted by Gasteiger charge is 2.40. The second kappa shape index (κ2) is 9.56. The van der Waals surface area contributed by atoms with E-state index in [9.17, 15) is 18.0 Å². The third-order valence-corrected chi connectivity index (χ3v) is 5.56. The van der Waals surface area contributed by atoms with Gasteiger partial charge in [0.1, 0.15) is 29.2 Å². The van der Waals surface area contributed by atoms with Gasteiger partial charge in [0.05, 0.1) is 7.11 Å². The zero-order valence-electron chi connectivity index (χ0n) is 18.7. The Morgan fingerprint density at radius 1 is 1.03 bits per heavy atom. The molecule has 1 aliphatic heterocycles. The molecule has 1 fully saturated rings. The first-order chi connectivity index (χ1) is 17.4. The van der Waals surface area contributed by atoms with Crippen LogP contribution < -0.4 is 20.1 Å². The molecule has 36 heavy (non-hydrogen) atoms. The Bertz CT molecular complexity index is 1390. The zero-order chi connectivity index (χ0) is 25.2. The standard InChI is InChI=1S/C24H18F3N5O4/c1-34-14-9-16(25)20(17(26)10-14)15-11-28-22(33)21(15)30-24-32-31-23(36-24)12-5-7-13(8-6-12)35-19-4-2-3-18(27)29-19/h2-10,15,21H,11H2,1H3,(H,28,33)(H,30,32)/t15-,21-/m0/s1. The number of pyridine rings is 1. The molecule has 1 saturated heterocycles. The van der Waals surface area contributed by atoms with Gasteiger partial charge in [0, 0.05) is 41.8 Å². The Balaban J connectivity index is 1.31. The minimum atomic E-state index is -1.05. The van der Waals surface area contributed by atoms with Gasteiger partial charge in [-0.3, -0.25) is 4.79 Å². The summed E-state index contributed by atoms with van der Waals surface area (Å²) < 4.78 is 58.5. The Morgan fingerprint density at radius 3 is 2.47 bits per heavy atom. The smallest absolute Gasteiger partial charge is 0.316 e. The van der Waals surface area contributed by atoms with Crippen LogP contribution in [0.5, 0.6) is 17.4 Å². The second-order valence-electron chi connectivity index (χ2n) is 7.82. The molecule has 0 aliphatic carbocycles. The number of methoxy groups -OCH3 is 1. The number of carbonyl (C=O) groups is 1. The van der Waals surface area contributed by atoms with Crippen LogP contribution in [0.2, 0.25) is 0 Å². The van der Waals surface area contributed by atoms with Gasteiger partial charge in [-0.15, -0.1) is 5.10 Å². The van der Waals surface area contributed by atoms with Gasteiger partial charge in [0.25, 0.3) is 0 Å². The molecule has 2 atom stereocenters. The van der Waals surface area contributed by atoms with Gasteiger partial charge < -0.3 is 24.5 Å². The number of anilines is 1. The lowest BCUT2D eigenvalue weighted by Crippen LogP contribution is -2.33. The molecule has 2 N–H and O–H groups in total. The average Bonchev–Trinajstić information content (AvgIpc) is 3.47. The van der Waals surface area contributed by atoms with Crippen LogP contribution >= 0.6 is 0 Å². The molecule has 1 amide bonds. The number of amides is 1. The molecule has 2 aromatic carbocycles. The normalized spacial score (nSPS) is 17.1. The highest BCUT2D eigenvalue weighted by Crippen LogP contribution is 2.33. The summed E-state index contributed by atoms with van der Waals surface area (Å²) in [4.78, 5) is 16.0. The van der Waals surface area contributed by atoms with Crippen LogP contribution in [0, 0.1) is 17.6 Å². The summed E-state index contributed by atoms with van der Waals surface area (Å²) in [6, 6.07) is 11.7. The van der Waals surface area contributed by atoms with E-state index in [2.05, 4.69) is 25.8 Å². The summed E-state index contributed by atoms with van der Waals surface area (Å²) in [5.41, 5.74) is 0.282. The van der Waals surface area contributed by atoms with Crippen molar-refractivity contribution in [2.24, 2.45) is 0 Å². The maximum absolute atomic E-state index is 14.6. The number of aromatic nitrogens is 3. The maximum Gasteiger partial charge on any atom is 0.316 e. The van der Waals surface area contributed by atoms with E-state index in [1.165, 1.54) is 25.3 Å². The van der Waals surface area contributed by atoms with Crippen molar-refractivity contribution in [2.75, 3.05) is 19.0 Å². The number of nitrogens with one attached hydrogen (secondary N) is 2. The minimum absolute atomic E-state index is 0.0132. The monoisotopic (exact) mass is 497 g/mol. The fourth-order valence-corrected chi connectivity index (χ4v) is 3.85. The van der Waals surface area contributed by atoms with E-state index in [-0.39, 0.29) is 35.6 Å². The molecule has 9 nitrogen and oxygen atoms in total. The summed E-state index contributed by atoms with van der Waals surface area (Å²) in [7, 11) is 1.30. The molecular weight excluding hydrogens is 479 g/mol. The first-order valence-corrected chi connectivity index (χ1v) is 10.7. The van der Waals surface area contributed by atoms with Crippen molar-refractivity contribution in [2.45, 2.75) is 12.0 Å². The minimum Gasteiger partial charge on any atom is -0.497 e. The molecule has 0 radical (unpaired) electrons. The summed E-state index contributed by atoms with van der Waals surface area (Å²) in [5, 5.41) is 13.2. The second-order valence-corrected chi connectivity index (χ2v) is 7.82. The Morgan fingerprint density at radius 2 is 1.78 bits per heavy atom. The Labute approximate surface area is 202 Å².